The molecule has 0 amide bonds. The number of para-hydroxylation sites is 1. The minimum atomic E-state index is -1.16. The monoisotopic (exact) mass is 613 g/mol. The molecule has 4 rings (SSSR count). The zero-order valence-electron chi connectivity index (χ0n) is 28.8. The summed E-state index contributed by atoms with van der Waals surface area (Å²) in [4.78, 5) is 21.0. The Morgan fingerprint density at radius 3 is 1.80 bits per heavy atom. The number of methoxy groups -OCH3 is 1. The van der Waals surface area contributed by atoms with Gasteiger partial charge >= 0.3 is 5.97 Å². The zero-order valence-corrected chi connectivity index (χ0v) is 28.8. The molecule has 0 bridgehead atoms. The van der Waals surface area contributed by atoms with Gasteiger partial charge in [0, 0.05) is 74.0 Å². The molecular weight excluding hydrogens is 558 g/mol. The minimum Gasteiger partial charge on any atom is -0.496 e. The van der Waals surface area contributed by atoms with Crippen molar-refractivity contribution in [1.29, 1.82) is 0 Å². The van der Waals surface area contributed by atoms with E-state index >= 15 is 0 Å². The summed E-state index contributed by atoms with van der Waals surface area (Å²) in [5.41, 5.74) is 5.45. The van der Waals surface area contributed by atoms with Crippen molar-refractivity contribution in [3.05, 3.63) is 82.9 Å². The van der Waals surface area contributed by atoms with Crippen LogP contribution in [0.5, 0.6) is 5.75 Å². The Hall–Kier alpha value is -3.67. The van der Waals surface area contributed by atoms with Crippen LogP contribution in [0, 0.1) is 0 Å². The molecule has 6 nitrogen and oxygen atoms in total. The van der Waals surface area contributed by atoms with Gasteiger partial charge in [-0.1, -0.05) is 83.7 Å². The van der Waals surface area contributed by atoms with Crippen LogP contribution in [-0.4, -0.2) is 53.4 Å². The van der Waals surface area contributed by atoms with Crippen molar-refractivity contribution in [2.45, 2.75) is 84.7 Å². The Kier molecular flexibility index (Phi) is 12.2. The Labute approximate surface area is 272 Å². The molecule has 0 saturated heterocycles. The first-order valence-electron chi connectivity index (χ1n) is 17.2. The number of fused-ring (bicyclic) bond motifs is 1. The fourth-order valence-electron chi connectivity index (χ4n) is 6.41. The number of anilines is 3. The van der Waals surface area contributed by atoms with E-state index in [1.165, 1.54) is 5.69 Å². The van der Waals surface area contributed by atoms with Gasteiger partial charge in [-0.15, -0.1) is 0 Å². The molecule has 3 aromatic rings. The highest BCUT2D eigenvalue weighted by molar-refractivity contribution is 5.98. The van der Waals surface area contributed by atoms with Crippen LogP contribution < -0.4 is 19.4 Å². The predicted molar refractivity (Wildman–Crippen MR) is 190 cm³/mol. The molecule has 1 heterocycles. The van der Waals surface area contributed by atoms with Gasteiger partial charge in [0.15, 0.2) is 5.60 Å². The molecule has 0 saturated carbocycles. The normalized spacial score (nSPS) is 15.5. The lowest BCUT2D eigenvalue weighted by atomic mass is 9.78. The number of hydrogen-bond donors (Lipinski definition) is 0. The molecule has 6 heteroatoms. The standard InChI is InChI=1S/C39H55N3O3/c1-8-12-24-41(25-13-9-2)31-21-23-34(36(29-31)42(26-14-10-3)27-15-11-4)39(35-18-16-17-19-37(35)44-7)33-22-20-30(40(5)6)28-32(33)38(43)45-39/h16-23,28-29H,8-15,24-27H2,1-7H3. The summed E-state index contributed by atoms with van der Waals surface area (Å²) in [7, 11) is 5.68. The van der Waals surface area contributed by atoms with E-state index in [9.17, 15) is 4.79 Å². The second-order valence-corrected chi connectivity index (χ2v) is 12.5. The number of carbonyl (C=O) groups is 1. The van der Waals surface area contributed by atoms with Gasteiger partial charge in [0.1, 0.15) is 5.75 Å². The quantitative estimate of drug-likeness (QED) is 0.133. The Morgan fingerprint density at radius 2 is 1.22 bits per heavy atom. The Bertz CT molecular complexity index is 1390. The van der Waals surface area contributed by atoms with Crippen molar-refractivity contribution in [3.63, 3.8) is 0 Å². The topological polar surface area (TPSA) is 45.3 Å². The molecule has 244 valence electrons. The van der Waals surface area contributed by atoms with E-state index in [1.807, 2.05) is 43.3 Å². The van der Waals surface area contributed by atoms with Crippen molar-refractivity contribution in [2.75, 3.05) is 62.1 Å². The van der Waals surface area contributed by atoms with E-state index in [2.05, 4.69) is 73.9 Å². The number of unbranched alkanes of at least 4 members (excludes halogenated alkanes) is 4. The largest absolute Gasteiger partial charge is 0.496 e. The molecule has 0 N–H and O–H groups in total. The second kappa shape index (κ2) is 16.1. The average Bonchev–Trinajstić information content (AvgIpc) is 3.36. The van der Waals surface area contributed by atoms with Crippen molar-refractivity contribution in [3.8, 4) is 5.75 Å². The van der Waals surface area contributed by atoms with Gasteiger partial charge in [0.25, 0.3) is 0 Å². The highest BCUT2D eigenvalue weighted by Crippen LogP contribution is 2.53. The molecule has 45 heavy (non-hydrogen) atoms. The maximum atomic E-state index is 13.9. The lowest BCUT2D eigenvalue weighted by Gasteiger charge is -2.37. The third kappa shape index (κ3) is 7.26. The molecule has 1 aliphatic rings. The molecule has 0 aromatic heterocycles. The molecule has 1 aliphatic heterocycles. The number of esters is 1. The number of hydrogen-bond acceptors (Lipinski definition) is 6. The predicted octanol–water partition coefficient (Wildman–Crippen LogP) is 9.04. The fraction of sp³-hybridized carbons (Fsp3) is 0.513. The van der Waals surface area contributed by atoms with Gasteiger partial charge in [-0.05, 0) is 56.0 Å². The lowest BCUT2D eigenvalue weighted by Crippen LogP contribution is -2.35. The summed E-state index contributed by atoms with van der Waals surface area (Å²) < 4.78 is 12.7. The summed E-state index contributed by atoms with van der Waals surface area (Å²) in [6.07, 6.45) is 9.02. The first-order valence-corrected chi connectivity index (χ1v) is 17.2. The molecular formula is C39H55N3O3. The second-order valence-electron chi connectivity index (χ2n) is 12.5. The number of benzene rings is 3. The van der Waals surface area contributed by atoms with E-state index in [-0.39, 0.29) is 5.97 Å². The number of cyclic esters (lactones) is 1. The van der Waals surface area contributed by atoms with Crippen molar-refractivity contribution in [2.24, 2.45) is 0 Å². The van der Waals surface area contributed by atoms with Gasteiger partial charge in [-0.25, -0.2) is 4.79 Å². The summed E-state index contributed by atoms with van der Waals surface area (Å²) >= 11 is 0. The molecule has 0 spiro atoms. The minimum absolute atomic E-state index is 0.309. The first kappa shape index (κ1) is 34.2. The fourth-order valence-corrected chi connectivity index (χ4v) is 6.41. The zero-order chi connectivity index (χ0) is 32.4. The summed E-state index contributed by atoms with van der Waals surface area (Å²) in [5.74, 6) is 0.391. The first-order chi connectivity index (χ1) is 21.9. The summed E-state index contributed by atoms with van der Waals surface area (Å²) in [5, 5.41) is 0. The SMILES string of the molecule is CCCCN(CCCC)c1ccc(C2(c3ccccc3OC)OC(=O)c3cc(N(C)C)ccc32)c(N(CCCC)CCCC)c1. The van der Waals surface area contributed by atoms with E-state index in [0.29, 0.717) is 11.3 Å². The molecule has 1 unspecified atom stereocenters. The number of carbonyl (C=O) groups excluding carboxylic acids is 1. The maximum Gasteiger partial charge on any atom is 0.340 e. The lowest BCUT2D eigenvalue weighted by molar-refractivity contribution is 0.0246. The summed E-state index contributed by atoms with van der Waals surface area (Å²) in [6, 6.07) is 21.0. The smallest absolute Gasteiger partial charge is 0.340 e. The van der Waals surface area contributed by atoms with Crippen LogP contribution in [-0.2, 0) is 10.3 Å². The molecule has 0 aliphatic carbocycles. The van der Waals surface area contributed by atoms with Gasteiger partial charge in [0.05, 0.1) is 12.7 Å². The van der Waals surface area contributed by atoms with Gasteiger partial charge in [0.2, 0.25) is 0 Å². The molecule has 1 atom stereocenters. The van der Waals surface area contributed by atoms with Gasteiger partial charge in [-0.2, -0.15) is 0 Å². The Morgan fingerprint density at radius 1 is 0.667 bits per heavy atom. The average molecular weight is 614 g/mol. The van der Waals surface area contributed by atoms with Gasteiger partial charge < -0.3 is 24.2 Å². The van der Waals surface area contributed by atoms with Crippen LogP contribution >= 0.6 is 0 Å². The van der Waals surface area contributed by atoms with Crippen molar-refractivity contribution < 1.29 is 14.3 Å². The van der Waals surface area contributed by atoms with Crippen LogP contribution in [0.3, 0.4) is 0 Å². The van der Waals surface area contributed by atoms with E-state index in [0.717, 1.165) is 106 Å². The highest BCUT2D eigenvalue weighted by Gasteiger charge is 2.51. The molecule has 0 radical (unpaired) electrons. The van der Waals surface area contributed by atoms with Crippen molar-refractivity contribution in [1.82, 2.24) is 0 Å². The molecule has 0 fully saturated rings. The van der Waals surface area contributed by atoms with E-state index in [4.69, 9.17) is 9.47 Å². The Balaban J connectivity index is 2.05. The summed E-state index contributed by atoms with van der Waals surface area (Å²) in [6.45, 7) is 13.0. The third-order valence-electron chi connectivity index (χ3n) is 9.04. The molecule has 3 aromatic carbocycles. The number of nitrogens with zero attached hydrogens (tertiary/aromatic N) is 3. The van der Waals surface area contributed by atoms with Crippen LogP contribution in [0.15, 0.2) is 60.7 Å². The number of rotatable bonds is 18. The van der Waals surface area contributed by atoms with Crippen LogP contribution in [0.25, 0.3) is 0 Å². The van der Waals surface area contributed by atoms with E-state index in [1.54, 1.807) is 7.11 Å². The highest BCUT2D eigenvalue weighted by atomic mass is 16.6. The number of ether oxygens (including phenoxy) is 2. The van der Waals surface area contributed by atoms with Crippen LogP contribution in [0.1, 0.15) is 106 Å². The van der Waals surface area contributed by atoms with Crippen molar-refractivity contribution >= 4 is 23.0 Å². The third-order valence-corrected chi connectivity index (χ3v) is 9.04. The van der Waals surface area contributed by atoms with E-state index < -0.39 is 5.60 Å². The van der Waals surface area contributed by atoms with Gasteiger partial charge in [-0.3, -0.25) is 0 Å². The maximum absolute atomic E-state index is 13.9. The van der Waals surface area contributed by atoms with Crippen LogP contribution in [0.4, 0.5) is 17.1 Å². The van der Waals surface area contributed by atoms with Crippen LogP contribution in [0.2, 0.25) is 0 Å².